The molecule has 0 aliphatic rings. The van der Waals surface area contributed by atoms with E-state index in [2.05, 4.69) is 114 Å². The first-order valence-electron chi connectivity index (χ1n) is 11.2. The van der Waals surface area contributed by atoms with Gasteiger partial charge in [-0.15, -0.1) is 0 Å². The molecule has 3 heteroatoms. The number of nitrogens with zero attached hydrogens (tertiary/aromatic N) is 2. The molecule has 0 radical (unpaired) electrons. The summed E-state index contributed by atoms with van der Waals surface area (Å²) in [5.41, 5.74) is 6.35. The average molecular weight is 421 g/mol. The predicted molar refractivity (Wildman–Crippen MR) is 134 cm³/mol. The summed E-state index contributed by atoms with van der Waals surface area (Å²) in [4.78, 5) is 0. The number of hydrogen-bond acceptors (Lipinski definition) is 3. The third-order valence-electron chi connectivity index (χ3n) is 5.46. The van der Waals surface area contributed by atoms with Crippen molar-refractivity contribution < 1.29 is 4.74 Å². The minimum Gasteiger partial charge on any atom is -0.376 e. The highest BCUT2D eigenvalue weighted by atomic mass is 16.5. The summed E-state index contributed by atoms with van der Waals surface area (Å²) in [5, 5.41) is 6.49. The van der Waals surface area contributed by atoms with Gasteiger partial charge in [-0.3, -0.25) is 5.01 Å². The van der Waals surface area contributed by atoms with Gasteiger partial charge in [0.25, 0.3) is 0 Å². The molecule has 168 valence electrons. The van der Waals surface area contributed by atoms with Gasteiger partial charge in [-0.25, -0.2) is 0 Å². The van der Waals surface area contributed by atoms with Gasteiger partial charge in [0.1, 0.15) is 0 Å². The number of hydrazone groups is 1. The van der Waals surface area contributed by atoms with Crippen molar-refractivity contribution in [3.05, 3.63) is 76.9 Å². The summed E-state index contributed by atoms with van der Waals surface area (Å²) in [6.07, 6.45) is 0.877. The van der Waals surface area contributed by atoms with Crippen LogP contribution in [-0.2, 0) is 17.8 Å². The third kappa shape index (κ3) is 7.66. The minimum atomic E-state index is 0.0345. The summed E-state index contributed by atoms with van der Waals surface area (Å²) < 4.78 is 6.00. The predicted octanol–water partition coefficient (Wildman–Crippen LogP) is 7.19. The van der Waals surface area contributed by atoms with Crippen LogP contribution in [0.5, 0.6) is 0 Å². The molecule has 0 bridgehead atoms. The smallest absolute Gasteiger partial charge is 0.0719 e. The Morgan fingerprint density at radius 2 is 1.48 bits per heavy atom. The van der Waals surface area contributed by atoms with Gasteiger partial charge in [0.15, 0.2) is 0 Å². The van der Waals surface area contributed by atoms with E-state index in [0.29, 0.717) is 6.61 Å². The number of benzene rings is 2. The van der Waals surface area contributed by atoms with Gasteiger partial charge in [0, 0.05) is 13.3 Å². The van der Waals surface area contributed by atoms with E-state index < -0.39 is 0 Å². The molecule has 31 heavy (non-hydrogen) atoms. The molecule has 0 saturated heterocycles. The van der Waals surface area contributed by atoms with Crippen LogP contribution in [-0.4, -0.2) is 24.9 Å². The fraction of sp³-hybridized carbons (Fsp3) is 0.464. The Balaban J connectivity index is 2.25. The van der Waals surface area contributed by atoms with Crippen molar-refractivity contribution in [2.75, 3.05) is 13.2 Å². The molecule has 0 aromatic heterocycles. The van der Waals surface area contributed by atoms with Crippen LogP contribution in [0.4, 0.5) is 0 Å². The summed E-state index contributed by atoms with van der Waals surface area (Å²) >= 11 is 0. The van der Waals surface area contributed by atoms with Gasteiger partial charge >= 0.3 is 0 Å². The van der Waals surface area contributed by atoms with Gasteiger partial charge in [-0.2, -0.15) is 5.10 Å². The first kappa shape index (κ1) is 24.9. The highest BCUT2D eigenvalue weighted by molar-refractivity contribution is 5.68. The van der Waals surface area contributed by atoms with E-state index in [1.54, 1.807) is 0 Å². The molecule has 2 aromatic carbocycles. The zero-order valence-corrected chi connectivity index (χ0v) is 20.5. The second kappa shape index (κ2) is 10.8. The van der Waals surface area contributed by atoms with Crippen LogP contribution in [0.2, 0.25) is 0 Å². The molecule has 0 saturated carbocycles. The maximum Gasteiger partial charge on any atom is 0.0719 e. The summed E-state index contributed by atoms with van der Waals surface area (Å²) in [7, 11) is 0. The van der Waals surface area contributed by atoms with E-state index in [9.17, 15) is 0 Å². The summed E-state index contributed by atoms with van der Waals surface area (Å²) in [6, 6.07) is 19.0. The Hall–Kier alpha value is -2.39. The molecular formula is C28H40N2O. The summed E-state index contributed by atoms with van der Waals surface area (Å²) in [6.45, 7) is 21.6. The van der Waals surface area contributed by atoms with E-state index in [1.165, 1.54) is 22.3 Å². The first-order chi connectivity index (χ1) is 14.5. The van der Waals surface area contributed by atoms with Gasteiger partial charge in [-0.05, 0) is 46.4 Å². The standard InChI is InChI=1S/C28H40N2O/c1-22(28(5,6)7)26(24-15-10-9-11-16-24)30(29-8)19-18-23-14-12-13-17-25(23)20-31-21-27(2,3)4/h9-17H,8,18-21H2,1-7H3/b26-22+. The maximum absolute atomic E-state index is 6.00. The van der Waals surface area contributed by atoms with Crippen LogP contribution in [0.3, 0.4) is 0 Å². The molecule has 0 atom stereocenters. The molecule has 3 nitrogen and oxygen atoms in total. The van der Waals surface area contributed by atoms with Crippen molar-refractivity contribution in [1.82, 2.24) is 5.01 Å². The molecule has 0 unspecified atom stereocenters. The molecular weight excluding hydrogens is 380 g/mol. The largest absolute Gasteiger partial charge is 0.376 e. The molecule has 0 aliphatic carbocycles. The molecule has 0 aliphatic heterocycles. The van der Waals surface area contributed by atoms with Crippen LogP contribution in [0, 0.1) is 10.8 Å². The fourth-order valence-corrected chi connectivity index (χ4v) is 3.40. The second-order valence-electron chi connectivity index (χ2n) is 10.4. The normalized spacial score (nSPS) is 13.0. The van der Waals surface area contributed by atoms with E-state index in [1.807, 2.05) is 6.07 Å². The van der Waals surface area contributed by atoms with Crippen LogP contribution in [0.25, 0.3) is 5.70 Å². The zero-order chi connectivity index (χ0) is 23.1. The average Bonchev–Trinajstić information content (AvgIpc) is 2.70. The Morgan fingerprint density at radius 3 is 2.03 bits per heavy atom. The Kier molecular flexibility index (Phi) is 8.64. The molecule has 0 spiro atoms. The van der Waals surface area contributed by atoms with Gasteiger partial charge in [0.2, 0.25) is 0 Å². The molecule has 2 rings (SSSR count). The Morgan fingerprint density at radius 1 is 0.903 bits per heavy atom. The minimum absolute atomic E-state index is 0.0345. The molecule has 0 fully saturated rings. The van der Waals surface area contributed by atoms with Crippen molar-refractivity contribution >= 4 is 12.4 Å². The van der Waals surface area contributed by atoms with Crippen LogP contribution in [0.15, 0.2) is 65.3 Å². The van der Waals surface area contributed by atoms with E-state index >= 15 is 0 Å². The Labute approximate surface area is 189 Å². The van der Waals surface area contributed by atoms with E-state index in [0.717, 1.165) is 25.3 Å². The molecule has 0 heterocycles. The second-order valence-corrected chi connectivity index (χ2v) is 10.4. The molecule has 0 N–H and O–H groups in total. The quantitative estimate of drug-likeness (QED) is 0.317. The first-order valence-corrected chi connectivity index (χ1v) is 11.2. The lowest BCUT2D eigenvalue weighted by molar-refractivity contribution is 0.0595. The highest BCUT2D eigenvalue weighted by Crippen LogP contribution is 2.34. The number of hydrogen-bond donors (Lipinski definition) is 0. The third-order valence-corrected chi connectivity index (χ3v) is 5.46. The Bertz CT molecular complexity index is 870. The van der Waals surface area contributed by atoms with Gasteiger partial charge in [0.05, 0.1) is 18.9 Å². The lowest BCUT2D eigenvalue weighted by Crippen LogP contribution is -2.23. The van der Waals surface area contributed by atoms with Gasteiger partial charge < -0.3 is 4.74 Å². The number of rotatable bonds is 9. The highest BCUT2D eigenvalue weighted by Gasteiger charge is 2.22. The fourth-order valence-electron chi connectivity index (χ4n) is 3.40. The van der Waals surface area contributed by atoms with Crippen molar-refractivity contribution in [2.45, 2.75) is 61.5 Å². The van der Waals surface area contributed by atoms with E-state index in [-0.39, 0.29) is 10.8 Å². The van der Waals surface area contributed by atoms with Crippen molar-refractivity contribution in [1.29, 1.82) is 0 Å². The lowest BCUT2D eigenvalue weighted by atomic mass is 9.84. The SMILES string of the molecule is C=NN(CCc1ccccc1COCC(C)(C)C)/C(=C(\C)C(C)(C)C)c1ccccc1. The molecule has 2 aromatic rings. The maximum atomic E-state index is 6.00. The summed E-state index contributed by atoms with van der Waals surface area (Å²) in [5.74, 6) is 0. The van der Waals surface area contributed by atoms with Gasteiger partial charge in [-0.1, -0.05) is 96.1 Å². The lowest BCUT2D eigenvalue weighted by Gasteiger charge is -2.30. The number of ether oxygens (including phenoxy) is 1. The van der Waals surface area contributed by atoms with Crippen molar-refractivity contribution in [3.63, 3.8) is 0 Å². The zero-order valence-electron chi connectivity index (χ0n) is 20.5. The van der Waals surface area contributed by atoms with Crippen LogP contribution >= 0.6 is 0 Å². The van der Waals surface area contributed by atoms with E-state index in [4.69, 9.17) is 4.74 Å². The van der Waals surface area contributed by atoms with Crippen molar-refractivity contribution in [2.24, 2.45) is 15.9 Å². The number of allylic oxidation sites excluding steroid dienone is 1. The van der Waals surface area contributed by atoms with Crippen molar-refractivity contribution in [3.8, 4) is 0 Å². The monoisotopic (exact) mass is 420 g/mol. The molecule has 0 amide bonds. The van der Waals surface area contributed by atoms with Crippen LogP contribution < -0.4 is 0 Å². The van der Waals surface area contributed by atoms with Crippen LogP contribution in [0.1, 0.15) is 65.2 Å². The topological polar surface area (TPSA) is 24.8 Å².